The molecule has 0 atom stereocenters. The van der Waals surface area contributed by atoms with Crippen LogP contribution in [-0.4, -0.2) is 31.8 Å². The van der Waals surface area contributed by atoms with Gasteiger partial charge in [-0.25, -0.2) is 8.42 Å². The summed E-state index contributed by atoms with van der Waals surface area (Å²) in [6, 6.07) is 2.43. The standard InChI is InChI=1S/C11H14N2O6S/c1-7(2)20(16,17)12-8-5-10-11(19-4-3-18-10)6-9(8)13(14)15/h5-7,12H,3-4H2,1-2H3. The maximum atomic E-state index is 11.8. The number of nitrogens with zero attached hydrogens (tertiary/aromatic N) is 1. The molecule has 0 aromatic heterocycles. The van der Waals surface area contributed by atoms with E-state index < -0.39 is 20.2 Å². The Balaban J connectivity index is 2.48. The van der Waals surface area contributed by atoms with Gasteiger partial charge in [0, 0.05) is 6.07 Å². The second kappa shape index (κ2) is 5.16. The summed E-state index contributed by atoms with van der Waals surface area (Å²) < 4.78 is 36.4. The largest absolute Gasteiger partial charge is 0.486 e. The second-order valence-electron chi connectivity index (χ2n) is 4.47. The van der Waals surface area contributed by atoms with Gasteiger partial charge in [0.2, 0.25) is 10.0 Å². The predicted molar refractivity (Wildman–Crippen MR) is 71.8 cm³/mol. The van der Waals surface area contributed by atoms with Gasteiger partial charge in [0.1, 0.15) is 18.9 Å². The molecule has 0 fully saturated rings. The van der Waals surface area contributed by atoms with Crippen LogP contribution in [-0.2, 0) is 10.0 Å². The number of rotatable bonds is 4. The van der Waals surface area contributed by atoms with Crippen molar-refractivity contribution in [3.8, 4) is 11.5 Å². The summed E-state index contributed by atoms with van der Waals surface area (Å²) in [4.78, 5) is 10.4. The smallest absolute Gasteiger partial charge is 0.297 e. The van der Waals surface area contributed by atoms with E-state index in [2.05, 4.69) is 4.72 Å². The Labute approximate surface area is 115 Å². The number of nitro benzene ring substituents is 1. The molecular formula is C11H14N2O6S. The summed E-state index contributed by atoms with van der Waals surface area (Å²) in [5.41, 5.74) is -0.508. The minimum Gasteiger partial charge on any atom is -0.486 e. The fourth-order valence-corrected chi connectivity index (χ4v) is 2.29. The van der Waals surface area contributed by atoms with E-state index in [1.807, 2.05) is 0 Å². The third kappa shape index (κ3) is 2.77. The van der Waals surface area contributed by atoms with Crippen molar-refractivity contribution in [2.24, 2.45) is 0 Å². The number of nitrogens with one attached hydrogen (secondary N) is 1. The average Bonchev–Trinajstić information content (AvgIpc) is 2.37. The van der Waals surface area contributed by atoms with Crippen LogP contribution >= 0.6 is 0 Å². The Morgan fingerprint density at radius 2 is 1.80 bits per heavy atom. The van der Waals surface area contributed by atoms with Crippen molar-refractivity contribution in [2.75, 3.05) is 17.9 Å². The minimum atomic E-state index is -3.68. The van der Waals surface area contributed by atoms with Crippen molar-refractivity contribution < 1.29 is 22.8 Å². The number of sulfonamides is 1. The fraction of sp³-hybridized carbons (Fsp3) is 0.455. The van der Waals surface area contributed by atoms with Gasteiger partial charge in [0.25, 0.3) is 5.69 Å². The number of anilines is 1. The molecule has 0 saturated heterocycles. The van der Waals surface area contributed by atoms with Crippen LogP contribution in [0.25, 0.3) is 0 Å². The van der Waals surface area contributed by atoms with E-state index in [1.165, 1.54) is 19.9 Å². The minimum absolute atomic E-state index is 0.132. The Hall–Kier alpha value is -2.03. The fourth-order valence-electron chi connectivity index (χ4n) is 1.58. The molecule has 0 bridgehead atoms. The summed E-state index contributed by atoms with van der Waals surface area (Å²) in [5, 5.41) is 10.3. The Kier molecular flexibility index (Phi) is 3.71. The summed E-state index contributed by atoms with van der Waals surface area (Å²) >= 11 is 0. The highest BCUT2D eigenvalue weighted by Crippen LogP contribution is 2.39. The molecule has 1 aromatic carbocycles. The van der Waals surface area contributed by atoms with Crippen LogP contribution in [0.3, 0.4) is 0 Å². The van der Waals surface area contributed by atoms with Crippen molar-refractivity contribution >= 4 is 21.4 Å². The molecule has 2 rings (SSSR count). The number of nitro groups is 1. The molecule has 0 amide bonds. The molecule has 0 aliphatic carbocycles. The van der Waals surface area contributed by atoms with Crippen LogP contribution in [0.15, 0.2) is 12.1 Å². The maximum absolute atomic E-state index is 11.8. The summed E-state index contributed by atoms with van der Waals surface area (Å²) in [7, 11) is -3.68. The monoisotopic (exact) mass is 302 g/mol. The van der Waals surface area contributed by atoms with Gasteiger partial charge in [0.15, 0.2) is 11.5 Å². The molecule has 1 aliphatic heterocycles. The lowest BCUT2D eigenvalue weighted by molar-refractivity contribution is -0.384. The van der Waals surface area contributed by atoms with Crippen molar-refractivity contribution in [1.29, 1.82) is 0 Å². The molecule has 110 valence electrons. The Morgan fingerprint density at radius 1 is 1.25 bits per heavy atom. The summed E-state index contributed by atoms with van der Waals surface area (Å²) in [6.45, 7) is 3.56. The van der Waals surface area contributed by atoms with Crippen molar-refractivity contribution in [1.82, 2.24) is 0 Å². The summed E-state index contributed by atoms with van der Waals surface area (Å²) in [5.74, 6) is 0.513. The number of ether oxygens (including phenoxy) is 2. The second-order valence-corrected chi connectivity index (χ2v) is 6.70. The quantitative estimate of drug-likeness (QED) is 0.667. The highest BCUT2D eigenvalue weighted by Gasteiger charge is 2.26. The lowest BCUT2D eigenvalue weighted by Crippen LogP contribution is -2.23. The highest BCUT2D eigenvalue weighted by molar-refractivity contribution is 7.93. The molecule has 0 spiro atoms. The first kappa shape index (κ1) is 14.4. The van der Waals surface area contributed by atoms with E-state index in [4.69, 9.17) is 9.47 Å². The first-order chi connectivity index (χ1) is 9.31. The van der Waals surface area contributed by atoms with E-state index >= 15 is 0 Å². The first-order valence-electron chi connectivity index (χ1n) is 5.91. The van der Waals surface area contributed by atoms with Crippen LogP contribution in [0.5, 0.6) is 11.5 Å². The molecule has 1 N–H and O–H groups in total. The zero-order valence-corrected chi connectivity index (χ0v) is 11.8. The van der Waals surface area contributed by atoms with Gasteiger partial charge in [-0.2, -0.15) is 0 Å². The van der Waals surface area contributed by atoms with E-state index in [-0.39, 0.29) is 22.9 Å². The molecule has 1 aliphatic rings. The van der Waals surface area contributed by atoms with Gasteiger partial charge in [-0.1, -0.05) is 0 Å². The number of benzene rings is 1. The molecule has 1 aromatic rings. The van der Waals surface area contributed by atoms with E-state index in [1.54, 1.807) is 0 Å². The molecular weight excluding hydrogens is 288 g/mol. The highest BCUT2D eigenvalue weighted by atomic mass is 32.2. The van der Waals surface area contributed by atoms with Gasteiger partial charge in [0.05, 0.1) is 16.2 Å². The topological polar surface area (TPSA) is 108 Å². The van der Waals surface area contributed by atoms with E-state index in [0.717, 1.165) is 6.07 Å². The third-order valence-corrected chi connectivity index (χ3v) is 4.48. The van der Waals surface area contributed by atoms with Crippen LogP contribution in [0.1, 0.15) is 13.8 Å². The zero-order valence-electron chi connectivity index (χ0n) is 11.0. The van der Waals surface area contributed by atoms with Gasteiger partial charge in [-0.3, -0.25) is 14.8 Å². The molecule has 0 radical (unpaired) electrons. The van der Waals surface area contributed by atoms with Gasteiger partial charge >= 0.3 is 0 Å². The van der Waals surface area contributed by atoms with Crippen LogP contribution < -0.4 is 14.2 Å². The first-order valence-corrected chi connectivity index (χ1v) is 7.45. The predicted octanol–water partition coefficient (Wildman–Crippen LogP) is 1.52. The summed E-state index contributed by atoms with van der Waals surface area (Å²) in [6.07, 6.45) is 0. The number of fused-ring (bicyclic) bond motifs is 1. The lowest BCUT2D eigenvalue weighted by Gasteiger charge is -2.19. The lowest BCUT2D eigenvalue weighted by atomic mass is 10.2. The zero-order chi connectivity index (χ0) is 14.9. The van der Waals surface area contributed by atoms with E-state index in [9.17, 15) is 18.5 Å². The number of hydrogen-bond acceptors (Lipinski definition) is 6. The SMILES string of the molecule is CC(C)S(=O)(=O)Nc1cc2c(cc1[N+](=O)[O-])OCCO2. The Morgan fingerprint density at radius 3 is 2.30 bits per heavy atom. The molecule has 0 unspecified atom stereocenters. The van der Waals surface area contributed by atoms with Gasteiger partial charge < -0.3 is 9.47 Å². The molecule has 0 saturated carbocycles. The Bertz CT molecular complexity index is 641. The van der Waals surface area contributed by atoms with Crippen molar-refractivity contribution in [3.05, 3.63) is 22.2 Å². The number of hydrogen-bond donors (Lipinski definition) is 1. The molecule has 8 nitrogen and oxygen atoms in total. The molecule has 9 heteroatoms. The van der Waals surface area contributed by atoms with Crippen molar-refractivity contribution in [3.63, 3.8) is 0 Å². The van der Waals surface area contributed by atoms with E-state index in [0.29, 0.717) is 13.2 Å². The third-order valence-electron chi connectivity index (χ3n) is 2.73. The van der Waals surface area contributed by atoms with Gasteiger partial charge in [-0.05, 0) is 13.8 Å². The van der Waals surface area contributed by atoms with Crippen LogP contribution in [0, 0.1) is 10.1 Å². The van der Waals surface area contributed by atoms with Crippen LogP contribution in [0.4, 0.5) is 11.4 Å². The van der Waals surface area contributed by atoms with Gasteiger partial charge in [-0.15, -0.1) is 0 Å². The molecule has 1 heterocycles. The molecule has 20 heavy (non-hydrogen) atoms. The van der Waals surface area contributed by atoms with Crippen LogP contribution in [0.2, 0.25) is 0 Å². The normalized spacial score (nSPS) is 14.2. The maximum Gasteiger partial charge on any atom is 0.297 e. The average molecular weight is 302 g/mol. The van der Waals surface area contributed by atoms with Crippen molar-refractivity contribution in [2.45, 2.75) is 19.1 Å².